The van der Waals surface area contributed by atoms with Crippen LogP contribution in [0.4, 0.5) is 0 Å². The van der Waals surface area contributed by atoms with Crippen LogP contribution in [0.2, 0.25) is 0 Å². The molecule has 1 rings (SSSR count). The van der Waals surface area contributed by atoms with Gasteiger partial charge in [-0.2, -0.15) is 5.10 Å². The van der Waals surface area contributed by atoms with Crippen LogP contribution in [-0.2, 0) is 24.2 Å². The van der Waals surface area contributed by atoms with E-state index >= 15 is 0 Å². The molecule has 4 nitrogen and oxygen atoms in total. The molecule has 0 aliphatic rings. The van der Waals surface area contributed by atoms with Crippen LogP contribution >= 0.6 is 0 Å². The Kier molecular flexibility index (Phi) is 3.80. The average Bonchev–Trinajstić information content (AvgIpc) is 2.57. The topological polar surface area (TPSA) is 47.8 Å². The van der Waals surface area contributed by atoms with Crippen molar-refractivity contribution < 1.29 is 4.79 Å². The van der Waals surface area contributed by atoms with E-state index in [1.54, 1.807) is 6.92 Å². The molecule has 0 aliphatic heterocycles. The third-order valence-electron chi connectivity index (χ3n) is 2.10. The van der Waals surface area contributed by atoms with E-state index in [1.807, 2.05) is 18.5 Å². The number of ketones is 1. The van der Waals surface area contributed by atoms with E-state index in [9.17, 15) is 4.79 Å². The Labute approximate surface area is 84.3 Å². The first kappa shape index (κ1) is 10.9. The number of aryl methyl sites for hydroxylation is 3. The van der Waals surface area contributed by atoms with Gasteiger partial charge in [0.2, 0.25) is 0 Å². The van der Waals surface area contributed by atoms with Crippen LogP contribution in [0.3, 0.4) is 0 Å². The van der Waals surface area contributed by atoms with Gasteiger partial charge >= 0.3 is 0 Å². The normalized spacial score (nSPS) is 10.5. The highest BCUT2D eigenvalue weighted by molar-refractivity contribution is 5.75. The lowest BCUT2D eigenvalue weighted by atomic mass is 10.3. The number of carbonyl (C=O) groups is 1. The highest BCUT2D eigenvalue weighted by Crippen LogP contribution is 2.02. The monoisotopic (exact) mass is 195 g/mol. The first-order valence-electron chi connectivity index (χ1n) is 5.09. The van der Waals surface area contributed by atoms with Crippen molar-refractivity contribution in [3.05, 3.63) is 11.6 Å². The summed E-state index contributed by atoms with van der Waals surface area (Å²) in [5, 5.41) is 4.32. The number of Topliss-reactive ketones (excluding diaryl/α,β-unsaturated/α-hetero) is 1. The number of nitrogens with zero attached hydrogens (tertiary/aromatic N) is 3. The van der Waals surface area contributed by atoms with Crippen LogP contribution in [0.1, 0.15) is 38.8 Å². The Morgan fingerprint density at radius 3 is 2.57 bits per heavy atom. The number of aromatic nitrogens is 3. The molecule has 4 heteroatoms. The lowest BCUT2D eigenvalue weighted by Gasteiger charge is -2.01. The summed E-state index contributed by atoms with van der Waals surface area (Å²) >= 11 is 0. The molecule has 0 radical (unpaired) electrons. The van der Waals surface area contributed by atoms with Gasteiger partial charge in [-0.3, -0.25) is 4.79 Å². The molecule has 0 bridgehead atoms. The minimum atomic E-state index is 0.195. The van der Waals surface area contributed by atoms with E-state index < -0.39 is 0 Å². The van der Waals surface area contributed by atoms with E-state index in [4.69, 9.17) is 0 Å². The predicted molar refractivity (Wildman–Crippen MR) is 54.1 cm³/mol. The Bertz CT molecular complexity index is 317. The summed E-state index contributed by atoms with van der Waals surface area (Å²) in [6.45, 7) is 6.34. The second-order valence-electron chi connectivity index (χ2n) is 3.33. The summed E-state index contributed by atoms with van der Waals surface area (Å²) in [6, 6.07) is 0. The number of hydrogen-bond acceptors (Lipinski definition) is 3. The Morgan fingerprint density at radius 2 is 2.07 bits per heavy atom. The number of carbonyl (C=O) groups excluding carboxylic acids is 1. The maximum absolute atomic E-state index is 10.8. The molecule has 0 aliphatic carbocycles. The standard InChI is InChI=1S/C10H17N3O/c1-4-9-11-10(5-2)13(12-9)7-6-8(3)14/h4-7H2,1-3H3. The van der Waals surface area contributed by atoms with Crippen molar-refractivity contribution in [2.45, 2.75) is 46.6 Å². The Morgan fingerprint density at radius 1 is 1.36 bits per heavy atom. The maximum atomic E-state index is 10.8. The van der Waals surface area contributed by atoms with Gasteiger partial charge in [-0.1, -0.05) is 13.8 Å². The van der Waals surface area contributed by atoms with E-state index in [1.165, 1.54) is 0 Å². The highest BCUT2D eigenvalue weighted by atomic mass is 16.1. The molecule has 0 spiro atoms. The molecule has 0 aromatic carbocycles. The fraction of sp³-hybridized carbons (Fsp3) is 0.700. The third kappa shape index (κ3) is 2.65. The number of rotatable bonds is 5. The molecule has 0 unspecified atom stereocenters. The lowest BCUT2D eigenvalue weighted by Crippen LogP contribution is -2.08. The molecule has 1 aromatic heterocycles. The van der Waals surface area contributed by atoms with Crippen molar-refractivity contribution in [2.75, 3.05) is 0 Å². The molecule has 14 heavy (non-hydrogen) atoms. The summed E-state index contributed by atoms with van der Waals surface area (Å²) < 4.78 is 1.85. The smallest absolute Gasteiger partial charge is 0.150 e. The van der Waals surface area contributed by atoms with Crippen LogP contribution in [0.15, 0.2) is 0 Å². The quantitative estimate of drug-likeness (QED) is 0.713. The van der Waals surface area contributed by atoms with Gasteiger partial charge in [0.15, 0.2) is 5.82 Å². The minimum Gasteiger partial charge on any atom is -0.300 e. The van der Waals surface area contributed by atoms with Crippen LogP contribution in [0.25, 0.3) is 0 Å². The van der Waals surface area contributed by atoms with Gasteiger partial charge in [-0.25, -0.2) is 9.67 Å². The Balaban J connectivity index is 2.73. The van der Waals surface area contributed by atoms with Crippen molar-refractivity contribution in [1.82, 2.24) is 14.8 Å². The van der Waals surface area contributed by atoms with E-state index in [0.29, 0.717) is 13.0 Å². The fourth-order valence-corrected chi connectivity index (χ4v) is 1.28. The molecule has 0 fully saturated rings. The zero-order chi connectivity index (χ0) is 10.6. The van der Waals surface area contributed by atoms with E-state index in [-0.39, 0.29) is 5.78 Å². The minimum absolute atomic E-state index is 0.195. The van der Waals surface area contributed by atoms with Crippen LogP contribution < -0.4 is 0 Å². The van der Waals surface area contributed by atoms with E-state index in [2.05, 4.69) is 10.1 Å². The molecule has 0 N–H and O–H groups in total. The molecule has 0 saturated carbocycles. The van der Waals surface area contributed by atoms with Crippen molar-refractivity contribution in [3.8, 4) is 0 Å². The summed E-state index contributed by atoms with van der Waals surface area (Å²) in [5.74, 6) is 2.04. The summed E-state index contributed by atoms with van der Waals surface area (Å²) in [6.07, 6.45) is 2.25. The van der Waals surface area contributed by atoms with Gasteiger partial charge in [0.1, 0.15) is 11.6 Å². The maximum Gasteiger partial charge on any atom is 0.150 e. The molecule has 1 aromatic rings. The molecular weight excluding hydrogens is 178 g/mol. The van der Waals surface area contributed by atoms with Crippen molar-refractivity contribution in [2.24, 2.45) is 0 Å². The van der Waals surface area contributed by atoms with Gasteiger partial charge in [0.25, 0.3) is 0 Å². The van der Waals surface area contributed by atoms with Gasteiger partial charge in [0.05, 0.1) is 0 Å². The van der Waals surface area contributed by atoms with Gasteiger partial charge in [-0.05, 0) is 6.92 Å². The lowest BCUT2D eigenvalue weighted by molar-refractivity contribution is -0.117. The SMILES string of the molecule is CCc1nc(CC)n(CCC(C)=O)n1. The molecule has 78 valence electrons. The van der Waals surface area contributed by atoms with Crippen molar-refractivity contribution in [1.29, 1.82) is 0 Å². The van der Waals surface area contributed by atoms with E-state index in [0.717, 1.165) is 24.5 Å². The largest absolute Gasteiger partial charge is 0.300 e. The van der Waals surface area contributed by atoms with Gasteiger partial charge in [-0.15, -0.1) is 0 Å². The zero-order valence-electron chi connectivity index (χ0n) is 9.08. The van der Waals surface area contributed by atoms with Gasteiger partial charge in [0, 0.05) is 25.8 Å². The first-order valence-corrected chi connectivity index (χ1v) is 5.09. The summed E-state index contributed by atoms with van der Waals surface area (Å²) in [7, 11) is 0. The average molecular weight is 195 g/mol. The van der Waals surface area contributed by atoms with Crippen molar-refractivity contribution in [3.63, 3.8) is 0 Å². The van der Waals surface area contributed by atoms with Gasteiger partial charge < -0.3 is 0 Å². The zero-order valence-corrected chi connectivity index (χ0v) is 9.08. The fourth-order valence-electron chi connectivity index (χ4n) is 1.28. The van der Waals surface area contributed by atoms with Crippen LogP contribution in [0, 0.1) is 0 Å². The Hall–Kier alpha value is -1.19. The highest BCUT2D eigenvalue weighted by Gasteiger charge is 2.06. The van der Waals surface area contributed by atoms with Crippen LogP contribution in [0.5, 0.6) is 0 Å². The first-order chi connectivity index (χ1) is 6.67. The molecule has 0 amide bonds. The van der Waals surface area contributed by atoms with Crippen molar-refractivity contribution >= 4 is 5.78 Å². The molecular formula is C10H17N3O. The summed E-state index contributed by atoms with van der Waals surface area (Å²) in [4.78, 5) is 15.2. The predicted octanol–water partition coefficient (Wildman–Crippen LogP) is 1.38. The number of hydrogen-bond donors (Lipinski definition) is 0. The second-order valence-corrected chi connectivity index (χ2v) is 3.33. The van der Waals surface area contributed by atoms with Crippen LogP contribution in [-0.4, -0.2) is 20.5 Å². The molecule has 0 atom stereocenters. The summed E-state index contributed by atoms with van der Waals surface area (Å²) in [5.41, 5.74) is 0. The molecule has 0 saturated heterocycles. The second kappa shape index (κ2) is 4.88. The molecule has 1 heterocycles. The third-order valence-corrected chi connectivity index (χ3v) is 2.10.